The number of esters is 1. The standard InChI is InChI=1S/C17H24O4/c1-5-6-7-8-12-11(2)17(16(19)21-4)10-13(12)14(20-3)9-15(17)18/h9,12-13H,2,5-8,10H2,1,3-4H3/t12?,13-,17+/m0/s1. The van der Waals surface area contributed by atoms with E-state index >= 15 is 0 Å². The molecule has 0 aromatic carbocycles. The minimum absolute atomic E-state index is 0.0659. The van der Waals surface area contributed by atoms with E-state index in [1.165, 1.54) is 13.2 Å². The van der Waals surface area contributed by atoms with E-state index < -0.39 is 11.4 Å². The van der Waals surface area contributed by atoms with E-state index in [0.29, 0.717) is 17.8 Å². The third-order valence-corrected chi connectivity index (χ3v) is 4.96. The summed E-state index contributed by atoms with van der Waals surface area (Å²) in [6.07, 6.45) is 6.19. The molecule has 116 valence electrons. The topological polar surface area (TPSA) is 52.6 Å². The highest BCUT2D eigenvalue weighted by molar-refractivity contribution is 6.13. The van der Waals surface area contributed by atoms with Crippen LogP contribution in [0.15, 0.2) is 24.0 Å². The molecule has 3 atom stereocenters. The number of carbonyl (C=O) groups excluding carboxylic acids is 2. The van der Waals surface area contributed by atoms with Crippen LogP contribution in [0.2, 0.25) is 0 Å². The molecule has 2 rings (SSSR count). The summed E-state index contributed by atoms with van der Waals surface area (Å²) in [7, 11) is 2.90. The van der Waals surface area contributed by atoms with E-state index in [9.17, 15) is 9.59 Å². The van der Waals surface area contributed by atoms with Gasteiger partial charge in [-0.05, 0) is 24.3 Å². The Kier molecular flexibility index (Phi) is 4.55. The van der Waals surface area contributed by atoms with Gasteiger partial charge in [0.15, 0.2) is 11.2 Å². The molecule has 2 aliphatic carbocycles. The van der Waals surface area contributed by atoms with Gasteiger partial charge in [0.05, 0.1) is 14.2 Å². The van der Waals surface area contributed by atoms with Gasteiger partial charge in [0.25, 0.3) is 0 Å². The van der Waals surface area contributed by atoms with Gasteiger partial charge in [-0.1, -0.05) is 32.8 Å². The predicted octanol–water partition coefficient (Wildman–Crippen LogP) is 3.03. The van der Waals surface area contributed by atoms with E-state index in [4.69, 9.17) is 9.47 Å². The first-order valence-corrected chi connectivity index (χ1v) is 7.60. The summed E-state index contributed by atoms with van der Waals surface area (Å²) in [4.78, 5) is 24.8. The van der Waals surface area contributed by atoms with Crippen molar-refractivity contribution in [1.82, 2.24) is 0 Å². The van der Waals surface area contributed by atoms with Crippen LogP contribution < -0.4 is 0 Å². The summed E-state index contributed by atoms with van der Waals surface area (Å²) >= 11 is 0. The van der Waals surface area contributed by atoms with Crippen molar-refractivity contribution >= 4 is 11.8 Å². The molecule has 0 radical (unpaired) electrons. The predicted molar refractivity (Wildman–Crippen MR) is 79.4 cm³/mol. The lowest BCUT2D eigenvalue weighted by molar-refractivity contribution is -0.154. The van der Waals surface area contributed by atoms with Crippen molar-refractivity contribution in [3.8, 4) is 0 Å². The van der Waals surface area contributed by atoms with Crippen molar-refractivity contribution in [3.63, 3.8) is 0 Å². The molecule has 0 heterocycles. The SMILES string of the molecule is C=C1C(CCCCC)[C@@H]2C[C@]1(C(=O)OC)C(=O)C=C2OC. The molecule has 1 fully saturated rings. The maximum absolute atomic E-state index is 12.5. The van der Waals surface area contributed by atoms with Crippen molar-refractivity contribution in [1.29, 1.82) is 0 Å². The van der Waals surface area contributed by atoms with Gasteiger partial charge in [0.1, 0.15) is 5.76 Å². The average Bonchev–Trinajstić information content (AvgIpc) is 2.75. The van der Waals surface area contributed by atoms with E-state index in [1.54, 1.807) is 7.11 Å². The molecular weight excluding hydrogens is 268 g/mol. The van der Waals surface area contributed by atoms with Crippen LogP contribution in [-0.2, 0) is 19.1 Å². The van der Waals surface area contributed by atoms with Crippen molar-refractivity contribution in [2.75, 3.05) is 14.2 Å². The van der Waals surface area contributed by atoms with Gasteiger partial charge in [-0.15, -0.1) is 0 Å². The summed E-state index contributed by atoms with van der Waals surface area (Å²) in [6, 6.07) is 0. The van der Waals surface area contributed by atoms with E-state index in [0.717, 1.165) is 25.7 Å². The number of hydrogen-bond donors (Lipinski definition) is 0. The van der Waals surface area contributed by atoms with Gasteiger partial charge in [-0.2, -0.15) is 0 Å². The van der Waals surface area contributed by atoms with Gasteiger partial charge in [0.2, 0.25) is 0 Å². The number of ketones is 1. The van der Waals surface area contributed by atoms with Crippen molar-refractivity contribution < 1.29 is 19.1 Å². The molecule has 1 unspecified atom stereocenters. The number of rotatable bonds is 6. The highest BCUT2D eigenvalue weighted by atomic mass is 16.5. The summed E-state index contributed by atoms with van der Waals surface area (Å²) in [5.41, 5.74) is -0.470. The summed E-state index contributed by atoms with van der Waals surface area (Å²) in [5.74, 6) is 0.140. The molecule has 0 aliphatic heterocycles. The second-order valence-electron chi connectivity index (χ2n) is 5.95. The van der Waals surface area contributed by atoms with Gasteiger partial charge < -0.3 is 9.47 Å². The molecule has 4 heteroatoms. The zero-order valence-corrected chi connectivity index (χ0v) is 13.1. The molecule has 0 saturated heterocycles. The number of carbonyl (C=O) groups is 2. The Hall–Kier alpha value is -1.58. The zero-order chi connectivity index (χ0) is 15.6. The fraction of sp³-hybridized carbons (Fsp3) is 0.647. The summed E-state index contributed by atoms with van der Waals surface area (Å²) in [6.45, 7) is 6.26. The number of unbranched alkanes of at least 4 members (excludes halogenated alkanes) is 2. The first kappa shape index (κ1) is 15.8. The Morgan fingerprint density at radius 2 is 2.14 bits per heavy atom. The van der Waals surface area contributed by atoms with Crippen LogP contribution in [0, 0.1) is 17.3 Å². The van der Waals surface area contributed by atoms with Crippen molar-refractivity contribution in [3.05, 3.63) is 24.0 Å². The molecule has 0 aromatic heterocycles. The maximum Gasteiger partial charge on any atom is 0.323 e. The highest BCUT2D eigenvalue weighted by Crippen LogP contribution is 2.57. The number of hydrogen-bond acceptors (Lipinski definition) is 4. The lowest BCUT2D eigenvalue weighted by Gasteiger charge is -2.28. The lowest BCUT2D eigenvalue weighted by Crippen LogP contribution is -2.40. The third-order valence-electron chi connectivity index (χ3n) is 4.96. The minimum atomic E-state index is -1.18. The Morgan fingerprint density at radius 3 is 2.71 bits per heavy atom. The molecule has 2 bridgehead atoms. The van der Waals surface area contributed by atoms with E-state index in [1.807, 2.05) is 0 Å². The summed E-state index contributed by atoms with van der Waals surface area (Å²) < 4.78 is 10.3. The third kappa shape index (κ3) is 2.30. The Morgan fingerprint density at radius 1 is 1.43 bits per heavy atom. The van der Waals surface area contributed by atoms with Gasteiger partial charge >= 0.3 is 5.97 Å². The second kappa shape index (κ2) is 6.04. The van der Waals surface area contributed by atoms with Crippen LogP contribution >= 0.6 is 0 Å². The van der Waals surface area contributed by atoms with Gasteiger partial charge in [-0.3, -0.25) is 9.59 Å². The van der Waals surface area contributed by atoms with Crippen LogP contribution in [0.1, 0.15) is 39.0 Å². The Balaban J connectivity index is 2.36. The lowest BCUT2D eigenvalue weighted by atomic mass is 9.75. The minimum Gasteiger partial charge on any atom is -0.501 e. The van der Waals surface area contributed by atoms with Crippen LogP contribution in [0.3, 0.4) is 0 Å². The van der Waals surface area contributed by atoms with Gasteiger partial charge in [-0.25, -0.2) is 0 Å². The molecule has 0 N–H and O–H groups in total. The van der Waals surface area contributed by atoms with Crippen LogP contribution in [0.5, 0.6) is 0 Å². The molecule has 1 saturated carbocycles. The number of methoxy groups -OCH3 is 2. The number of fused-ring (bicyclic) bond motifs is 2. The van der Waals surface area contributed by atoms with Crippen LogP contribution in [0.25, 0.3) is 0 Å². The molecule has 0 aromatic rings. The van der Waals surface area contributed by atoms with Gasteiger partial charge in [0, 0.05) is 12.0 Å². The van der Waals surface area contributed by atoms with E-state index in [-0.39, 0.29) is 17.6 Å². The van der Waals surface area contributed by atoms with E-state index in [2.05, 4.69) is 13.5 Å². The first-order chi connectivity index (χ1) is 10.0. The highest BCUT2D eigenvalue weighted by Gasteiger charge is 2.61. The maximum atomic E-state index is 12.5. The largest absolute Gasteiger partial charge is 0.501 e. The van der Waals surface area contributed by atoms with Crippen LogP contribution in [-0.4, -0.2) is 26.0 Å². The zero-order valence-electron chi connectivity index (χ0n) is 13.1. The Bertz CT molecular complexity index is 491. The monoisotopic (exact) mass is 292 g/mol. The van der Waals surface area contributed by atoms with Crippen molar-refractivity contribution in [2.24, 2.45) is 17.3 Å². The molecule has 0 spiro atoms. The molecular formula is C17H24O4. The number of ether oxygens (including phenoxy) is 2. The fourth-order valence-electron chi connectivity index (χ4n) is 3.77. The molecule has 21 heavy (non-hydrogen) atoms. The first-order valence-electron chi connectivity index (χ1n) is 7.60. The molecule has 4 nitrogen and oxygen atoms in total. The average molecular weight is 292 g/mol. The van der Waals surface area contributed by atoms with Crippen LogP contribution in [0.4, 0.5) is 0 Å². The second-order valence-corrected chi connectivity index (χ2v) is 5.95. The summed E-state index contributed by atoms with van der Waals surface area (Å²) in [5, 5.41) is 0. The Labute approximate surface area is 126 Å². The van der Waals surface area contributed by atoms with Crippen molar-refractivity contribution in [2.45, 2.75) is 39.0 Å². The normalized spacial score (nSPS) is 31.1. The quantitative estimate of drug-likeness (QED) is 0.327. The number of allylic oxidation sites excluding steroid dienone is 2. The fourth-order valence-corrected chi connectivity index (χ4v) is 3.77. The molecule has 0 amide bonds. The smallest absolute Gasteiger partial charge is 0.323 e. The molecule has 2 aliphatic rings.